The molecule has 140 valence electrons. The van der Waals surface area contributed by atoms with Crippen molar-refractivity contribution in [2.45, 2.75) is 13.3 Å². The number of pyridine rings is 1. The summed E-state index contributed by atoms with van der Waals surface area (Å²) >= 11 is 0. The first-order valence-electron chi connectivity index (χ1n) is 9.64. The van der Waals surface area contributed by atoms with Gasteiger partial charge < -0.3 is 10.1 Å². The largest absolute Gasteiger partial charge is 0.492 e. The molecule has 0 unspecified atom stereocenters. The van der Waals surface area contributed by atoms with Gasteiger partial charge in [-0.05, 0) is 43.7 Å². The first-order chi connectivity index (χ1) is 13.7. The minimum Gasteiger partial charge on any atom is -0.492 e. The number of nitriles is 1. The topological polar surface area (TPSA) is 57.9 Å². The molecule has 2 aromatic carbocycles. The lowest BCUT2D eigenvalue weighted by molar-refractivity contribution is 0.259. The SMILES string of the molecule is Cc1ccc(-c2ncc(OC[C@@H]3CCNC3)cc2-c2ccc(C#N)cc2)cc1. The Morgan fingerprint density at radius 2 is 1.86 bits per heavy atom. The van der Waals surface area contributed by atoms with E-state index in [9.17, 15) is 0 Å². The zero-order valence-corrected chi connectivity index (χ0v) is 16.0. The third-order valence-electron chi connectivity index (χ3n) is 5.16. The van der Waals surface area contributed by atoms with Crippen molar-refractivity contribution in [1.29, 1.82) is 5.26 Å². The van der Waals surface area contributed by atoms with Crippen LogP contribution in [-0.4, -0.2) is 24.7 Å². The first-order valence-corrected chi connectivity index (χ1v) is 9.64. The summed E-state index contributed by atoms with van der Waals surface area (Å²) in [5.74, 6) is 1.33. The number of nitrogens with zero attached hydrogens (tertiary/aromatic N) is 2. The predicted octanol–water partition coefficient (Wildman–Crippen LogP) is 4.58. The molecule has 1 atom stereocenters. The molecule has 28 heavy (non-hydrogen) atoms. The van der Waals surface area contributed by atoms with Crippen molar-refractivity contribution in [2.24, 2.45) is 5.92 Å². The Morgan fingerprint density at radius 3 is 2.54 bits per heavy atom. The molecule has 1 aromatic heterocycles. The lowest BCUT2D eigenvalue weighted by Gasteiger charge is -2.14. The number of hydrogen-bond donors (Lipinski definition) is 1. The highest BCUT2D eigenvalue weighted by Crippen LogP contribution is 2.33. The Morgan fingerprint density at radius 1 is 1.11 bits per heavy atom. The van der Waals surface area contributed by atoms with Crippen LogP contribution in [-0.2, 0) is 0 Å². The Hall–Kier alpha value is -3.16. The van der Waals surface area contributed by atoms with E-state index in [0.29, 0.717) is 18.1 Å². The van der Waals surface area contributed by atoms with Crippen molar-refractivity contribution in [3.05, 3.63) is 71.9 Å². The molecule has 1 fully saturated rings. The van der Waals surface area contributed by atoms with Crippen molar-refractivity contribution < 1.29 is 4.74 Å². The average molecular weight is 369 g/mol. The molecular formula is C24H23N3O. The van der Waals surface area contributed by atoms with E-state index < -0.39 is 0 Å². The van der Waals surface area contributed by atoms with Gasteiger partial charge in [-0.25, -0.2) is 0 Å². The molecule has 0 saturated carbocycles. The number of ether oxygens (including phenoxy) is 1. The fraction of sp³-hybridized carbons (Fsp3) is 0.250. The first kappa shape index (κ1) is 18.2. The van der Waals surface area contributed by atoms with Gasteiger partial charge in [0.2, 0.25) is 0 Å². The molecular weight excluding hydrogens is 346 g/mol. The molecule has 0 bridgehead atoms. The van der Waals surface area contributed by atoms with E-state index in [4.69, 9.17) is 15.0 Å². The van der Waals surface area contributed by atoms with Crippen LogP contribution in [0.3, 0.4) is 0 Å². The van der Waals surface area contributed by atoms with Gasteiger partial charge in [0.05, 0.1) is 30.1 Å². The van der Waals surface area contributed by atoms with Crippen LogP contribution in [0.2, 0.25) is 0 Å². The van der Waals surface area contributed by atoms with Crippen LogP contribution in [0.25, 0.3) is 22.4 Å². The maximum Gasteiger partial charge on any atom is 0.138 e. The summed E-state index contributed by atoms with van der Waals surface area (Å²) in [5, 5.41) is 12.5. The van der Waals surface area contributed by atoms with E-state index in [1.54, 1.807) is 0 Å². The zero-order valence-electron chi connectivity index (χ0n) is 16.0. The second kappa shape index (κ2) is 8.24. The molecule has 1 saturated heterocycles. The summed E-state index contributed by atoms with van der Waals surface area (Å²) in [6, 6.07) is 20.2. The minimum atomic E-state index is 0.551. The van der Waals surface area contributed by atoms with Crippen LogP contribution in [0.5, 0.6) is 5.75 Å². The van der Waals surface area contributed by atoms with Crippen molar-refractivity contribution in [2.75, 3.05) is 19.7 Å². The second-order valence-electron chi connectivity index (χ2n) is 7.29. The summed E-state index contributed by atoms with van der Waals surface area (Å²) in [6.07, 6.45) is 2.96. The molecule has 3 aromatic rings. The van der Waals surface area contributed by atoms with Crippen molar-refractivity contribution in [3.63, 3.8) is 0 Å². The molecule has 1 aliphatic rings. The number of benzene rings is 2. The van der Waals surface area contributed by atoms with E-state index in [1.807, 2.05) is 30.5 Å². The molecule has 0 amide bonds. The van der Waals surface area contributed by atoms with Gasteiger partial charge in [-0.1, -0.05) is 42.0 Å². The number of rotatable bonds is 5. The van der Waals surface area contributed by atoms with Gasteiger partial charge in [0.15, 0.2) is 0 Å². The molecule has 0 radical (unpaired) electrons. The quantitative estimate of drug-likeness (QED) is 0.715. The lowest BCUT2D eigenvalue weighted by atomic mass is 9.98. The number of nitrogens with one attached hydrogen (secondary N) is 1. The van der Waals surface area contributed by atoms with Crippen LogP contribution >= 0.6 is 0 Å². The minimum absolute atomic E-state index is 0.551. The predicted molar refractivity (Wildman–Crippen MR) is 111 cm³/mol. The molecule has 4 nitrogen and oxygen atoms in total. The van der Waals surface area contributed by atoms with Crippen LogP contribution in [0, 0.1) is 24.2 Å². The third-order valence-corrected chi connectivity index (χ3v) is 5.16. The van der Waals surface area contributed by atoms with Gasteiger partial charge in [-0.2, -0.15) is 5.26 Å². The fourth-order valence-electron chi connectivity index (χ4n) is 3.48. The average Bonchev–Trinajstić information content (AvgIpc) is 3.27. The highest BCUT2D eigenvalue weighted by atomic mass is 16.5. The third kappa shape index (κ3) is 4.05. The van der Waals surface area contributed by atoms with E-state index in [1.165, 1.54) is 5.56 Å². The van der Waals surface area contributed by atoms with E-state index in [2.05, 4.69) is 48.6 Å². The standard InChI is InChI=1S/C24H23N3O/c1-17-2-6-21(7-3-17)24-23(20-8-4-18(13-25)5-9-20)12-22(15-27-24)28-16-19-10-11-26-14-19/h2-9,12,15,19,26H,10-11,14,16H2,1H3/t19-/m1/s1. The highest BCUT2D eigenvalue weighted by molar-refractivity contribution is 5.81. The van der Waals surface area contributed by atoms with Crippen LogP contribution in [0.4, 0.5) is 0 Å². The number of aromatic nitrogens is 1. The summed E-state index contributed by atoms with van der Waals surface area (Å²) in [5.41, 5.74) is 5.88. The summed E-state index contributed by atoms with van der Waals surface area (Å²) < 4.78 is 6.05. The van der Waals surface area contributed by atoms with Crippen LogP contribution in [0.1, 0.15) is 17.5 Å². The maximum atomic E-state index is 9.09. The molecule has 0 spiro atoms. The van der Waals surface area contributed by atoms with E-state index in [0.717, 1.165) is 47.6 Å². The number of aryl methyl sites for hydroxylation is 1. The lowest BCUT2D eigenvalue weighted by Crippen LogP contribution is -2.15. The molecule has 4 heteroatoms. The second-order valence-corrected chi connectivity index (χ2v) is 7.29. The number of hydrogen-bond acceptors (Lipinski definition) is 4. The molecule has 2 heterocycles. The Kier molecular flexibility index (Phi) is 5.36. The molecule has 0 aliphatic carbocycles. The monoisotopic (exact) mass is 369 g/mol. The van der Waals surface area contributed by atoms with Gasteiger partial charge in [0, 0.05) is 23.6 Å². The molecule has 1 N–H and O–H groups in total. The van der Waals surface area contributed by atoms with Gasteiger partial charge in [-0.3, -0.25) is 4.98 Å². The summed E-state index contributed by atoms with van der Waals surface area (Å²) in [6.45, 7) is 4.85. The van der Waals surface area contributed by atoms with Gasteiger partial charge in [0.1, 0.15) is 5.75 Å². The van der Waals surface area contributed by atoms with Crippen LogP contribution < -0.4 is 10.1 Å². The molecule has 1 aliphatic heterocycles. The zero-order chi connectivity index (χ0) is 19.3. The molecule has 4 rings (SSSR count). The maximum absolute atomic E-state index is 9.09. The van der Waals surface area contributed by atoms with E-state index in [-0.39, 0.29) is 0 Å². The smallest absolute Gasteiger partial charge is 0.138 e. The highest BCUT2D eigenvalue weighted by Gasteiger charge is 2.16. The van der Waals surface area contributed by atoms with Crippen molar-refractivity contribution in [3.8, 4) is 34.2 Å². The van der Waals surface area contributed by atoms with Gasteiger partial charge in [-0.15, -0.1) is 0 Å². The summed E-state index contributed by atoms with van der Waals surface area (Å²) in [4.78, 5) is 4.74. The summed E-state index contributed by atoms with van der Waals surface area (Å²) in [7, 11) is 0. The fourth-order valence-corrected chi connectivity index (χ4v) is 3.48. The van der Waals surface area contributed by atoms with E-state index >= 15 is 0 Å². The van der Waals surface area contributed by atoms with Crippen molar-refractivity contribution >= 4 is 0 Å². The van der Waals surface area contributed by atoms with Crippen molar-refractivity contribution in [1.82, 2.24) is 10.3 Å². The van der Waals surface area contributed by atoms with Gasteiger partial charge >= 0.3 is 0 Å². The Bertz CT molecular complexity index is 982. The Labute approximate surface area is 165 Å². The van der Waals surface area contributed by atoms with Gasteiger partial charge in [0.25, 0.3) is 0 Å². The normalized spacial score (nSPS) is 15.9. The Balaban J connectivity index is 1.69. The van der Waals surface area contributed by atoms with Crippen LogP contribution in [0.15, 0.2) is 60.8 Å².